The molecular weight excluding hydrogens is 295 g/mol. The zero-order valence-corrected chi connectivity index (χ0v) is 11.8. The fourth-order valence-corrected chi connectivity index (χ4v) is 3.42. The van der Waals surface area contributed by atoms with E-state index in [1.54, 1.807) is 24.3 Å². The van der Waals surface area contributed by atoms with Crippen LogP contribution in [0.3, 0.4) is 0 Å². The summed E-state index contributed by atoms with van der Waals surface area (Å²) in [6, 6.07) is 11.2. The second kappa shape index (κ2) is 6.05. The summed E-state index contributed by atoms with van der Waals surface area (Å²) in [5.41, 5.74) is 0.842. The molecule has 1 N–H and O–H groups in total. The molecule has 2 aromatic rings. The van der Waals surface area contributed by atoms with Gasteiger partial charge in [0.25, 0.3) is 0 Å². The highest BCUT2D eigenvalue weighted by molar-refractivity contribution is 7.90. The molecule has 0 aliphatic rings. The molecule has 0 radical (unpaired) electrons. The zero-order valence-electron chi connectivity index (χ0n) is 11.0. The third-order valence-corrected chi connectivity index (χ3v) is 4.62. The molecule has 2 rings (SSSR count). The Kier molecular flexibility index (Phi) is 4.37. The van der Waals surface area contributed by atoms with E-state index < -0.39 is 21.6 Å². The number of hydrogen-bond donors (Lipinski definition) is 1. The predicted octanol–water partition coefficient (Wildman–Crippen LogP) is 2.43. The molecule has 0 aromatic heterocycles. The first-order valence-electron chi connectivity index (χ1n) is 6.15. The van der Waals surface area contributed by atoms with Gasteiger partial charge in [-0.25, -0.2) is 12.8 Å². The van der Waals surface area contributed by atoms with Crippen molar-refractivity contribution in [3.05, 3.63) is 65.5 Å². The highest BCUT2D eigenvalue weighted by Crippen LogP contribution is 2.20. The fourth-order valence-electron chi connectivity index (χ4n) is 1.98. The van der Waals surface area contributed by atoms with Gasteiger partial charge >= 0.3 is 5.97 Å². The summed E-state index contributed by atoms with van der Waals surface area (Å²) in [4.78, 5) is 10.7. The van der Waals surface area contributed by atoms with Crippen LogP contribution in [0, 0.1) is 5.82 Å². The van der Waals surface area contributed by atoms with E-state index in [0.29, 0.717) is 11.1 Å². The van der Waals surface area contributed by atoms with Crippen molar-refractivity contribution >= 4 is 15.8 Å². The number of sulfone groups is 1. The van der Waals surface area contributed by atoms with E-state index in [9.17, 15) is 17.6 Å². The van der Waals surface area contributed by atoms with Gasteiger partial charge in [-0.2, -0.15) is 0 Å². The van der Waals surface area contributed by atoms with Crippen LogP contribution in [0.15, 0.2) is 53.4 Å². The van der Waals surface area contributed by atoms with Crippen LogP contribution in [0.1, 0.15) is 11.1 Å². The second-order valence-corrected chi connectivity index (χ2v) is 6.55. The van der Waals surface area contributed by atoms with Gasteiger partial charge in [0.15, 0.2) is 9.84 Å². The van der Waals surface area contributed by atoms with Gasteiger partial charge in [-0.05, 0) is 29.3 Å². The number of carbonyl (C=O) groups is 1. The molecule has 0 unspecified atom stereocenters. The van der Waals surface area contributed by atoms with Gasteiger partial charge in [-0.1, -0.05) is 30.3 Å². The fraction of sp³-hybridized carbons (Fsp3) is 0.133. The molecule has 0 heterocycles. The Labute approximate surface area is 121 Å². The van der Waals surface area contributed by atoms with Gasteiger partial charge in [0.2, 0.25) is 0 Å². The molecule has 0 amide bonds. The third-order valence-electron chi connectivity index (χ3n) is 2.96. The third kappa shape index (κ3) is 3.88. The van der Waals surface area contributed by atoms with Crippen molar-refractivity contribution in [1.29, 1.82) is 0 Å². The van der Waals surface area contributed by atoms with Crippen LogP contribution < -0.4 is 0 Å². The molecule has 0 aliphatic carbocycles. The number of rotatable bonds is 5. The standard InChI is InChI=1S/C15H13FO4S/c16-13-6-3-7-14(9-13)21(19,20)10-12-5-2-1-4-11(12)8-15(17)18/h1-7,9H,8,10H2,(H,17,18). The Bertz CT molecular complexity index is 769. The van der Waals surface area contributed by atoms with Crippen LogP contribution in [0.25, 0.3) is 0 Å². The maximum absolute atomic E-state index is 13.1. The van der Waals surface area contributed by atoms with Crippen molar-refractivity contribution in [1.82, 2.24) is 0 Å². The van der Waals surface area contributed by atoms with Crippen molar-refractivity contribution in [2.75, 3.05) is 0 Å². The van der Waals surface area contributed by atoms with Crippen LogP contribution in [-0.4, -0.2) is 19.5 Å². The lowest BCUT2D eigenvalue weighted by Gasteiger charge is -2.09. The Balaban J connectivity index is 2.35. The molecule has 0 atom stereocenters. The normalized spacial score (nSPS) is 11.3. The van der Waals surface area contributed by atoms with E-state index >= 15 is 0 Å². The largest absolute Gasteiger partial charge is 0.481 e. The zero-order chi connectivity index (χ0) is 15.5. The number of benzene rings is 2. The maximum Gasteiger partial charge on any atom is 0.307 e. The van der Waals surface area contributed by atoms with Gasteiger partial charge in [0.05, 0.1) is 17.1 Å². The highest BCUT2D eigenvalue weighted by Gasteiger charge is 2.18. The Morgan fingerprint density at radius 2 is 1.71 bits per heavy atom. The lowest BCUT2D eigenvalue weighted by Crippen LogP contribution is -2.09. The number of hydrogen-bond acceptors (Lipinski definition) is 3. The van der Waals surface area contributed by atoms with E-state index in [-0.39, 0.29) is 17.1 Å². The van der Waals surface area contributed by atoms with Gasteiger partial charge in [-0.15, -0.1) is 0 Å². The van der Waals surface area contributed by atoms with Crippen molar-refractivity contribution in [3.63, 3.8) is 0 Å². The number of carboxylic acid groups (broad SMARTS) is 1. The summed E-state index contributed by atoms with van der Waals surface area (Å²) in [5, 5.41) is 8.84. The summed E-state index contributed by atoms with van der Waals surface area (Å²) >= 11 is 0. The van der Waals surface area contributed by atoms with Crippen LogP contribution in [-0.2, 0) is 26.8 Å². The van der Waals surface area contributed by atoms with Crippen LogP contribution in [0.2, 0.25) is 0 Å². The van der Waals surface area contributed by atoms with E-state index in [4.69, 9.17) is 5.11 Å². The van der Waals surface area contributed by atoms with E-state index in [2.05, 4.69) is 0 Å². The molecule has 0 fully saturated rings. The Morgan fingerprint density at radius 1 is 1.05 bits per heavy atom. The number of halogens is 1. The van der Waals surface area contributed by atoms with E-state index in [1.165, 1.54) is 12.1 Å². The van der Waals surface area contributed by atoms with Crippen LogP contribution in [0.5, 0.6) is 0 Å². The van der Waals surface area contributed by atoms with E-state index in [0.717, 1.165) is 12.1 Å². The monoisotopic (exact) mass is 308 g/mol. The molecule has 4 nitrogen and oxygen atoms in total. The summed E-state index contributed by atoms with van der Waals surface area (Å²) < 4.78 is 37.7. The highest BCUT2D eigenvalue weighted by atomic mass is 32.2. The first-order valence-corrected chi connectivity index (χ1v) is 7.80. The molecule has 0 bridgehead atoms. The lowest BCUT2D eigenvalue weighted by molar-refractivity contribution is -0.136. The minimum absolute atomic E-state index is 0.118. The quantitative estimate of drug-likeness (QED) is 0.921. The average Bonchev–Trinajstić information content (AvgIpc) is 2.40. The van der Waals surface area contributed by atoms with Crippen molar-refractivity contribution in [2.45, 2.75) is 17.1 Å². The summed E-state index contributed by atoms with van der Waals surface area (Å²) in [7, 11) is -3.73. The first kappa shape index (κ1) is 15.2. The molecule has 0 saturated carbocycles. The second-order valence-electron chi connectivity index (χ2n) is 4.56. The van der Waals surface area contributed by atoms with Gasteiger partial charge < -0.3 is 5.11 Å². The minimum Gasteiger partial charge on any atom is -0.481 e. The average molecular weight is 308 g/mol. The molecule has 0 saturated heterocycles. The molecule has 110 valence electrons. The van der Waals surface area contributed by atoms with E-state index in [1.807, 2.05) is 0 Å². The molecular formula is C15H13FO4S. The van der Waals surface area contributed by atoms with Crippen molar-refractivity contribution in [3.8, 4) is 0 Å². The maximum atomic E-state index is 13.1. The van der Waals surface area contributed by atoms with Crippen molar-refractivity contribution < 1.29 is 22.7 Å². The molecule has 21 heavy (non-hydrogen) atoms. The summed E-state index contributed by atoms with van der Waals surface area (Å²) in [6.45, 7) is 0. The molecule has 2 aromatic carbocycles. The Hall–Kier alpha value is -2.21. The minimum atomic E-state index is -3.73. The lowest BCUT2D eigenvalue weighted by atomic mass is 10.1. The molecule has 0 spiro atoms. The Morgan fingerprint density at radius 3 is 2.33 bits per heavy atom. The van der Waals surface area contributed by atoms with Crippen molar-refractivity contribution in [2.24, 2.45) is 0 Å². The SMILES string of the molecule is O=C(O)Cc1ccccc1CS(=O)(=O)c1cccc(F)c1. The summed E-state index contributed by atoms with van der Waals surface area (Å²) in [5.74, 6) is -2.03. The molecule has 0 aliphatic heterocycles. The molecule has 6 heteroatoms. The smallest absolute Gasteiger partial charge is 0.307 e. The van der Waals surface area contributed by atoms with Crippen LogP contribution >= 0.6 is 0 Å². The van der Waals surface area contributed by atoms with Gasteiger partial charge in [0.1, 0.15) is 5.82 Å². The number of carboxylic acids is 1. The first-order chi connectivity index (χ1) is 9.88. The van der Waals surface area contributed by atoms with Gasteiger partial charge in [0, 0.05) is 0 Å². The summed E-state index contributed by atoms with van der Waals surface area (Å²) in [6.07, 6.45) is -0.255. The predicted molar refractivity (Wildman–Crippen MR) is 75.1 cm³/mol. The topological polar surface area (TPSA) is 71.4 Å². The van der Waals surface area contributed by atoms with Crippen LogP contribution in [0.4, 0.5) is 4.39 Å². The van der Waals surface area contributed by atoms with Gasteiger partial charge in [-0.3, -0.25) is 4.79 Å². The number of aliphatic carboxylic acids is 1.